The molecule has 0 saturated carbocycles. The molecule has 2 N–H and O–H groups in total. The number of amides is 2. The lowest BCUT2D eigenvalue weighted by atomic mass is 10.1. The van der Waals surface area contributed by atoms with Crippen molar-refractivity contribution in [1.29, 1.82) is 0 Å². The van der Waals surface area contributed by atoms with Gasteiger partial charge >= 0.3 is 0 Å². The number of hydrogen-bond donors (Lipinski definition) is 2. The Bertz CT molecular complexity index is 1190. The summed E-state index contributed by atoms with van der Waals surface area (Å²) < 4.78 is 5.32. The van der Waals surface area contributed by atoms with Crippen LogP contribution in [-0.2, 0) is 11.3 Å². The summed E-state index contributed by atoms with van der Waals surface area (Å²) in [5, 5.41) is 5.81. The minimum absolute atomic E-state index is 0.175. The number of carbonyl (C=O) groups is 2. The van der Waals surface area contributed by atoms with Gasteiger partial charge in [-0.1, -0.05) is 59.8 Å². The summed E-state index contributed by atoms with van der Waals surface area (Å²) in [5.74, 6) is 0.337. The first-order valence-electron chi connectivity index (χ1n) is 9.85. The summed E-state index contributed by atoms with van der Waals surface area (Å²) in [7, 11) is 1.60. The lowest BCUT2D eigenvalue weighted by molar-refractivity contribution is -0.112. The zero-order valence-corrected chi connectivity index (χ0v) is 18.1. The smallest absolute Gasteiger partial charge is 0.262 e. The van der Waals surface area contributed by atoms with Crippen molar-refractivity contribution < 1.29 is 14.3 Å². The third-order valence-electron chi connectivity index (χ3n) is 4.91. The Morgan fingerprint density at radius 1 is 1.10 bits per heavy atom. The SMILES string of the molecule is COc1ccccc1CNC(=O)c1ccc2c(c1)NC(=O)/C(=C\c1cccc(C)c1)S2. The normalized spacial score (nSPS) is 14.0. The van der Waals surface area contributed by atoms with Gasteiger partial charge in [-0.25, -0.2) is 0 Å². The minimum Gasteiger partial charge on any atom is -0.496 e. The predicted molar refractivity (Wildman–Crippen MR) is 124 cm³/mol. The highest BCUT2D eigenvalue weighted by Crippen LogP contribution is 2.39. The number of aryl methyl sites for hydroxylation is 1. The number of nitrogens with one attached hydrogen (secondary N) is 2. The molecular weight excluding hydrogens is 408 g/mol. The van der Waals surface area contributed by atoms with Crippen LogP contribution in [0.3, 0.4) is 0 Å². The van der Waals surface area contributed by atoms with Gasteiger partial charge in [0.25, 0.3) is 11.8 Å². The van der Waals surface area contributed by atoms with Gasteiger partial charge in [0.1, 0.15) is 5.75 Å². The first kappa shape index (κ1) is 20.8. The first-order valence-corrected chi connectivity index (χ1v) is 10.7. The largest absolute Gasteiger partial charge is 0.496 e. The Morgan fingerprint density at radius 2 is 1.94 bits per heavy atom. The van der Waals surface area contributed by atoms with Crippen molar-refractivity contribution in [3.63, 3.8) is 0 Å². The van der Waals surface area contributed by atoms with Crippen LogP contribution in [-0.4, -0.2) is 18.9 Å². The number of benzene rings is 3. The van der Waals surface area contributed by atoms with Gasteiger partial charge in [0.15, 0.2) is 0 Å². The van der Waals surface area contributed by atoms with E-state index in [9.17, 15) is 9.59 Å². The van der Waals surface area contributed by atoms with Crippen LogP contribution < -0.4 is 15.4 Å². The molecule has 1 aliphatic heterocycles. The highest BCUT2D eigenvalue weighted by atomic mass is 32.2. The molecule has 3 aromatic carbocycles. The van der Waals surface area contributed by atoms with Crippen LogP contribution in [0, 0.1) is 6.92 Å². The molecule has 156 valence electrons. The number of thioether (sulfide) groups is 1. The first-order chi connectivity index (χ1) is 15.0. The summed E-state index contributed by atoms with van der Waals surface area (Å²) in [6, 6.07) is 20.9. The quantitative estimate of drug-likeness (QED) is 0.558. The van der Waals surface area contributed by atoms with Crippen LogP contribution in [0.5, 0.6) is 5.75 Å². The Hall–Kier alpha value is -3.51. The van der Waals surface area contributed by atoms with Crippen molar-refractivity contribution in [2.75, 3.05) is 12.4 Å². The fourth-order valence-electron chi connectivity index (χ4n) is 3.34. The maximum Gasteiger partial charge on any atom is 0.262 e. The Morgan fingerprint density at radius 3 is 2.74 bits per heavy atom. The number of anilines is 1. The van der Waals surface area contributed by atoms with E-state index in [0.717, 1.165) is 27.3 Å². The van der Waals surface area contributed by atoms with Gasteiger partial charge < -0.3 is 15.4 Å². The monoisotopic (exact) mass is 430 g/mol. The molecule has 6 heteroatoms. The molecule has 3 aromatic rings. The van der Waals surface area contributed by atoms with Crippen LogP contribution in [0.15, 0.2) is 76.5 Å². The van der Waals surface area contributed by atoms with Gasteiger partial charge in [-0.2, -0.15) is 0 Å². The van der Waals surface area contributed by atoms with Gasteiger partial charge in [0, 0.05) is 22.6 Å². The van der Waals surface area contributed by atoms with Gasteiger partial charge in [-0.05, 0) is 42.8 Å². The Labute approximate surface area is 185 Å². The molecule has 1 aliphatic rings. The maximum absolute atomic E-state index is 12.6. The average molecular weight is 431 g/mol. The van der Waals surface area contributed by atoms with Crippen LogP contribution >= 0.6 is 11.8 Å². The van der Waals surface area contributed by atoms with Crippen molar-refractivity contribution in [2.45, 2.75) is 18.4 Å². The molecule has 0 spiro atoms. The summed E-state index contributed by atoms with van der Waals surface area (Å²) in [5.41, 5.74) is 4.14. The molecule has 0 radical (unpaired) electrons. The van der Waals surface area contributed by atoms with E-state index in [-0.39, 0.29) is 11.8 Å². The van der Waals surface area contributed by atoms with Crippen LogP contribution in [0.25, 0.3) is 6.08 Å². The number of para-hydroxylation sites is 1. The number of fused-ring (bicyclic) bond motifs is 1. The standard InChI is InChI=1S/C25H22N2O3S/c1-16-6-5-7-17(12-16)13-23-25(29)27-20-14-18(10-11-22(20)31-23)24(28)26-15-19-8-3-4-9-21(19)30-2/h3-14H,15H2,1-2H3,(H,26,28)(H,27,29)/b23-13+. The Balaban J connectivity index is 1.49. The highest BCUT2D eigenvalue weighted by Gasteiger charge is 2.22. The molecule has 0 fully saturated rings. The van der Waals surface area contributed by atoms with E-state index in [4.69, 9.17) is 4.74 Å². The summed E-state index contributed by atoms with van der Waals surface area (Å²) in [6.07, 6.45) is 1.88. The molecule has 2 amide bonds. The lowest BCUT2D eigenvalue weighted by Gasteiger charge is -2.19. The van der Waals surface area contributed by atoms with Crippen molar-refractivity contribution >= 4 is 35.3 Å². The van der Waals surface area contributed by atoms with Crippen LogP contribution in [0.2, 0.25) is 0 Å². The van der Waals surface area contributed by atoms with E-state index < -0.39 is 0 Å². The molecular formula is C25H22N2O3S. The zero-order valence-electron chi connectivity index (χ0n) is 17.3. The van der Waals surface area contributed by atoms with E-state index in [1.807, 2.05) is 67.6 Å². The number of rotatable bonds is 5. The van der Waals surface area contributed by atoms with Crippen molar-refractivity contribution in [2.24, 2.45) is 0 Å². The topological polar surface area (TPSA) is 67.4 Å². The molecule has 0 aromatic heterocycles. The molecule has 31 heavy (non-hydrogen) atoms. The second-order valence-corrected chi connectivity index (χ2v) is 8.27. The van der Waals surface area contributed by atoms with Crippen LogP contribution in [0.4, 0.5) is 5.69 Å². The molecule has 5 nitrogen and oxygen atoms in total. The molecule has 1 heterocycles. The number of methoxy groups -OCH3 is 1. The number of carbonyl (C=O) groups excluding carboxylic acids is 2. The Kier molecular flexibility index (Phi) is 6.09. The second kappa shape index (κ2) is 9.10. The lowest BCUT2D eigenvalue weighted by Crippen LogP contribution is -2.24. The third kappa shape index (κ3) is 4.81. The van der Waals surface area contributed by atoms with E-state index in [2.05, 4.69) is 10.6 Å². The van der Waals surface area contributed by atoms with Gasteiger partial charge in [-0.3, -0.25) is 9.59 Å². The van der Waals surface area contributed by atoms with E-state index in [0.29, 0.717) is 22.7 Å². The minimum atomic E-state index is -0.214. The van der Waals surface area contributed by atoms with Crippen molar-refractivity contribution in [3.8, 4) is 5.75 Å². The van der Waals surface area contributed by atoms with E-state index >= 15 is 0 Å². The van der Waals surface area contributed by atoms with E-state index in [1.165, 1.54) is 11.8 Å². The molecule has 4 rings (SSSR count). The maximum atomic E-state index is 12.6. The fourth-order valence-corrected chi connectivity index (χ4v) is 4.27. The van der Waals surface area contributed by atoms with Crippen molar-refractivity contribution in [1.82, 2.24) is 5.32 Å². The number of hydrogen-bond acceptors (Lipinski definition) is 4. The van der Waals surface area contributed by atoms with E-state index in [1.54, 1.807) is 19.2 Å². The highest BCUT2D eigenvalue weighted by molar-refractivity contribution is 8.04. The zero-order chi connectivity index (χ0) is 21.8. The summed E-state index contributed by atoms with van der Waals surface area (Å²) in [6.45, 7) is 2.37. The molecule has 0 unspecified atom stereocenters. The van der Waals surface area contributed by atoms with Gasteiger partial charge in [-0.15, -0.1) is 0 Å². The van der Waals surface area contributed by atoms with Gasteiger partial charge in [0.2, 0.25) is 0 Å². The molecule has 0 saturated heterocycles. The summed E-state index contributed by atoms with van der Waals surface area (Å²) >= 11 is 1.40. The number of ether oxygens (including phenoxy) is 1. The fraction of sp³-hybridized carbons (Fsp3) is 0.120. The average Bonchev–Trinajstić information content (AvgIpc) is 2.78. The molecule has 0 bridgehead atoms. The molecule has 0 aliphatic carbocycles. The van der Waals surface area contributed by atoms with Gasteiger partial charge in [0.05, 0.1) is 17.7 Å². The second-order valence-electron chi connectivity index (χ2n) is 7.18. The molecule has 0 atom stereocenters. The van der Waals surface area contributed by atoms with Crippen LogP contribution in [0.1, 0.15) is 27.0 Å². The predicted octanol–water partition coefficient (Wildman–Crippen LogP) is 5.02. The third-order valence-corrected chi connectivity index (χ3v) is 6.00. The van der Waals surface area contributed by atoms with Crippen molar-refractivity contribution in [3.05, 3.63) is 93.9 Å². The summed E-state index contributed by atoms with van der Waals surface area (Å²) in [4.78, 5) is 26.8.